The monoisotopic (exact) mass is 271 g/mol. The molecule has 8 heteroatoms. The van der Waals surface area contributed by atoms with Crippen LogP contribution in [-0.2, 0) is 0 Å². The maximum atomic E-state index is 12.1. The molecule has 0 bridgehead atoms. The molecule has 5 N–H and O–H groups in total. The third-order valence-corrected chi connectivity index (χ3v) is 2.99. The maximum Gasteiger partial charge on any atom is 0.268 e. The third kappa shape index (κ3) is 2.18. The van der Waals surface area contributed by atoms with Crippen molar-refractivity contribution in [1.82, 2.24) is 30.9 Å². The molecule has 0 fully saturated rings. The van der Waals surface area contributed by atoms with Crippen LogP contribution >= 0.6 is 0 Å². The average Bonchev–Trinajstić information content (AvgIpc) is 3.07. The number of nitrogen functional groups attached to an aromatic ring is 1. The van der Waals surface area contributed by atoms with E-state index in [1.807, 2.05) is 12.1 Å². The minimum atomic E-state index is -0.335. The Labute approximate surface area is 113 Å². The van der Waals surface area contributed by atoms with Crippen molar-refractivity contribution in [3.63, 3.8) is 0 Å². The van der Waals surface area contributed by atoms with Crippen LogP contribution in [0.5, 0.6) is 0 Å². The molecule has 1 amide bonds. The molecule has 20 heavy (non-hydrogen) atoms. The van der Waals surface area contributed by atoms with Gasteiger partial charge in [-0.05, 0) is 31.2 Å². The Morgan fingerprint density at radius 1 is 1.40 bits per heavy atom. The predicted molar refractivity (Wildman–Crippen MR) is 72.8 cm³/mol. The number of anilines is 1. The van der Waals surface area contributed by atoms with Gasteiger partial charge in [-0.3, -0.25) is 4.79 Å². The number of nitrogens with two attached hydrogens (primary N) is 1. The topological polar surface area (TPSA) is 125 Å². The van der Waals surface area contributed by atoms with Crippen molar-refractivity contribution in [1.29, 1.82) is 0 Å². The molecule has 0 aliphatic rings. The fourth-order valence-corrected chi connectivity index (χ4v) is 1.97. The largest absolute Gasteiger partial charge is 0.399 e. The fraction of sp³-hybridized carbons (Fsp3) is 0.167. The van der Waals surface area contributed by atoms with Gasteiger partial charge in [-0.2, -0.15) is 5.21 Å². The number of rotatable bonds is 3. The fourth-order valence-electron chi connectivity index (χ4n) is 1.97. The zero-order valence-corrected chi connectivity index (χ0v) is 10.7. The molecule has 2 aromatic heterocycles. The number of hydrogen-bond donors (Lipinski definition) is 4. The molecule has 1 aromatic carbocycles. The number of nitrogens with one attached hydrogen (secondary N) is 3. The van der Waals surface area contributed by atoms with Crippen molar-refractivity contribution in [3.8, 4) is 0 Å². The molecular weight excluding hydrogens is 258 g/mol. The van der Waals surface area contributed by atoms with E-state index < -0.39 is 0 Å². The number of fused-ring (bicyclic) bond motifs is 1. The summed E-state index contributed by atoms with van der Waals surface area (Å²) in [7, 11) is 0. The SMILES string of the molecule is CC(NC(=O)c1cc2cc(N)ccc2[nH]1)c1nn[nH]n1. The molecule has 0 saturated heterocycles. The second kappa shape index (κ2) is 4.65. The molecule has 3 aromatic rings. The maximum absolute atomic E-state index is 12.1. The summed E-state index contributed by atoms with van der Waals surface area (Å²) in [6.45, 7) is 1.78. The number of nitrogens with zero attached hydrogens (tertiary/aromatic N) is 3. The van der Waals surface area contributed by atoms with Crippen molar-refractivity contribution >= 4 is 22.5 Å². The molecule has 8 nitrogen and oxygen atoms in total. The highest BCUT2D eigenvalue weighted by Gasteiger charge is 2.16. The van der Waals surface area contributed by atoms with E-state index in [1.165, 1.54) is 0 Å². The number of benzene rings is 1. The summed E-state index contributed by atoms with van der Waals surface area (Å²) in [5.41, 5.74) is 7.69. The molecule has 0 spiro atoms. The molecule has 0 aliphatic heterocycles. The van der Waals surface area contributed by atoms with E-state index >= 15 is 0 Å². The van der Waals surface area contributed by atoms with E-state index in [1.54, 1.807) is 19.1 Å². The highest BCUT2D eigenvalue weighted by molar-refractivity contribution is 5.98. The summed E-state index contributed by atoms with van der Waals surface area (Å²) in [4.78, 5) is 15.2. The van der Waals surface area contributed by atoms with Crippen molar-refractivity contribution in [2.75, 3.05) is 5.73 Å². The van der Waals surface area contributed by atoms with Crippen LogP contribution in [0.4, 0.5) is 5.69 Å². The smallest absolute Gasteiger partial charge is 0.268 e. The van der Waals surface area contributed by atoms with E-state index in [2.05, 4.69) is 30.9 Å². The average molecular weight is 271 g/mol. The van der Waals surface area contributed by atoms with Crippen LogP contribution in [0.2, 0.25) is 0 Å². The van der Waals surface area contributed by atoms with Crippen LogP contribution in [0.1, 0.15) is 29.3 Å². The molecule has 3 rings (SSSR count). The lowest BCUT2D eigenvalue weighted by Crippen LogP contribution is -2.27. The number of aromatic amines is 2. The Kier molecular flexibility index (Phi) is 2.82. The summed E-state index contributed by atoms with van der Waals surface area (Å²) in [5.74, 6) is 0.191. The van der Waals surface area contributed by atoms with Gasteiger partial charge >= 0.3 is 0 Å². The highest BCUT2D eigenvalue weighted by atomic mass is 16.1. The van der Waals surface area contributed by atoms with Gasteiger partial charge in [0.1, 0.15) is 5.69 Å². The van der Waals surface area contributed by atoms with E-state index in [0.29, 0.717) is 17.2 Å². The minimum Gasteiger partial charge on any atom is -0.399 e. The number of H-pyrrole nitrogens is 2. The third-order valence-electron chi connectivity index (χ3n) is 2.99. The van der Waals surface area contributed by atoms with Gasteiger partial charge in [0.25, 0.3) is 5.91 Å². The van der Waals surface area contributed by atoms with E-state index in [-0.39, 0.29) is 11.9 Å². The zero-order chi connectivity index (χ0) is 14.1. The lowest BCUT2D eigenvalue weighted by Gasteiger charge is -2.08. The summed E-state index contributed by atoms with van der Waals surface area (Å²) >= 11 is 0. The number of hydrogen-bond acceptors (Lipinski definition) is 5. The minimum absolute atomic E-state index is 0.239. The molecule has 0 aliphatic carbocycles. The molecule has 2 heterocycles. The first-order valence-electron chi connectivity index (χ1n) is 6.06. The Morgan fingerprint density at radius 2 is 2.25 bits per heavy atom. The predicted octanol–water partition coefficient (Wildman–Crippen LogP) is 0.754. The quantitative estimate of drug-likeness (QED) is 0.523. The molecule has 1 unspecified atom stereocenters. The first-order chi connectivity index (χ1) is 9.63. The van der Waals surface area contributed by atoms with Crippen LogP contribution in [0, 0.1) is 0 Å². The van der Waals surface area contributed by atoms with Crippen LogP contribution in [0.25, 0.3) is 10.9 Å². The summed E-state index contributed by atoms with van der Waals surface area (Å²) < 4.78 is 0. The molecular formula is C12H13N7O. The Bertz CT molecular complexity index is 746. The van der Waals surface area contributed by atoms with Crippen LogP contribution in [-0.4, -0.2) is 31.5 Å². The van der Waals surface area contributed by atoms with Gasteiger partial charge in [0, 0.05) is 16.6 Å². The number of aromatic nitrogens is 5. The Morgan fingerprint density at radius 3 is 3.00 bits per heavy atom. The first kappa shape index (κ1) is 12.2. The summed E-state index contributed by atoms with van der Waals surface area (Å²) in [5, 5.41) is 17.1. The van der Waals surface area contributed by atoms with Crippen LogP contribution in [0.3, 0.4) is 0 Å². The van der Waals surface area contributed by atoms with Gasteiger partial charge in [-0.1, -0.05) is 5.21 Å². The lowest BCUT2D eigenvalue weighted by atomic mass is 10.2. The number of carbonyl (C=O) groups excluding carboxylic acids is 1. The number of amides is 1. The second-order valence-electron chi connectivity index (χ2n) is 4.49. The van der Waals surface area contributed by atoms with Gasteiger partial charge in [0.2, 0.25) is 0 Å². The van der Waals surface area contributed by atoms with Crippen molar-refractivity contribution in [3.05, 3.63) is 35.8 Å². The standard InChI is InChI=1S/C12H13N7O/c1-6(11-16-18-19-17-11)14-12(20)10-5-7-4-8(13)2-3-9(7)15-10/h2-6,15H,13H2,1H3,(H,14,20)(H,16,17,18,19). The normalized spacial score (nSPS) is 12.4. The van der Waals surface area contributed by atoms with Gasteiger partial charge in [0.15, 0.2) is 5.82 Å². The second-order valence-corrected chi connectivity index (χ2v) is 4.49. The molecule has 1 atom stereocenters. The first-order valence-corrected chi connectivity index (χ1v) is 6.06. The van der Waals surface area contributed by atoms with E-state index in [9.17, 15) is 4.79 Å². The van der Waals surface area contributed by atoms with Gasteiger partial charge < -0.3 is 16.0 Å². The zero-order valence-electron chi connectivity index (χ0n) is 10.7. The highest BCUT2D eigenvalue weighted by Crippen LogP contribution is 2.18. The summed E-state index contributed by atoms with van der Waals surface area (Å²) in [6, 6.07) is 6.85. The van der Waals surface area contributed by atoms with Crippen molar-refractivity contribution in [2.45, 2.75) is 13.0 Å². The van der Waals surface area contributed by atoms with Crippen LogP contribution < -0.4 is 11.1 Å². The Balaban J connectivity index is 1.82. The van der Waals surface area contributed by atoms with Gasteiger partial charge in [-0.15, -0.1) is 10.2 Å². The molecule has 0 radical (unpaired) electrons. The molecule has 0 saturated carbocycles. The number of carbonyl (C=O) groups is 1. The van der Waals surface area contributed by atoms with E-state index in [4.69, 9.17) is 5.73 Å². The Hall–Kier alpha value is -2.90. The van der Waals surface area contributed by atoms with Crippen molar-refractivity contribution < 1.29 is 4.79 Å². The van der Waals surface area contributed by atoms with Gasteiger partial charge in [0.05, 0.1) is 6.04 Å². The van der Waals surface area contributed by atoms with E-state index in [0.717, 1.165) is 10.9 Å². The van der Waals surface area contributed by atoms with Crippen LogP contribution in [0.15, 0.2) is 24.3 Å². The molecule has 102 valence electrons. The number of tetrazole rings is 1. The van der Waals surface area contributed by atoms with Gasteiger partial charge in [-0.25, -0.2) is 0 Å². The summed E-state index contributed by atoms with van der Waals surface area (Å²) in [6.07, 6.45) is 0. The van der Waals surface area contributed by atoms with Crippen molar-refractivity contribution in [2.24, 2.45) is 0 Å². The lowest BCUT2D eigenvalue weighted by molar-refractivity contribution is 0.0934.